The summed E-state index contributed by atoms with van der Waals surface area (Å²) in [7, 11) is 3.22. The van der Waals surface area contributed by atoms with Gasteiger partial charge in [-0.05, 0) is 71.6 Å². The molecule has 1 aliphatic heterocycles. The van der Waals surface area contributed by atoms with Gasteiger partial charge in [-0.15, -0.1) is 0 Å². The number of rotatable bonds is 4. The van der Waals surface area contributed by atoms with Crippen molar-refractivity contribution in [1.29, 1.82) is 0 Å². The Bertz CT molecular complexity index is 1030. The number of aliphatic imine (C=N–C) groups is 1. The molecular weight excluding hydrogens is 394 g/mol. The predicted octanol–water partition coefficient (Wildman–Crippen LogP) is 5.64. The third-order valence-electron chi connectivity index (χ3n) is 4.66. The van der Waals surface area contributed by atoms with Crippen LogP contribution in [-0.4, -0.2) is 30.1 Å². The van der Waals surface area contributed by atoms with Crippen LogP contribution in [-0.2, 0) is 4.79 Å². The number of likely N-dealkylation sites (N-methyl/N-ethyl adjacent to an activating group) is 1. The molecule has 0 unspecified atom stereocenters. The summed E-state index contributed by atoms with van der Waals surface area (Å²) >= 11 is 1.16. The zero-order chi connectivity index (χ0) is 21.3. The number of aryl methyl sites for hydroxylation is 1. The first-order chi connectivity index (χ1) is 13.7. The lowest BCUT2D eigenvalue weighted by Gasteiger charge is -2.14. The summed E-state index contributed by atoms with van der Waals surface area (Å²) in [6.07, 6.45) is 1.81. The summed E-state index contributed by atoms with van der Waals surface area (Å²) in [6.45, 7) is 6.11. The highest BCUT2D eigenvalue weighted by molar-refractivity contribution is 8.18. The Morgan fingerprint density at radius 2 is 1.93 bits per heavy atom. The predicted molar refractivity (Wildman–Crippen MR) is 114 cm³/mol. The van der Waals surface area contributed by atoms with Gasteiger partial charge in [-0.1, -0.05) is 13.8 Å². The molecule has 29 heavy (non-hydrogen) atoms. The second kappa shape index (κ2) is 8.37. The summed E-state index contributed by atoms with van der Waals surface area (Å²) in [5.74, 6) is -0.597. The average Bonchev–Trinajstić information content (AvgIpc) is 2.93. The van der Waals surface area contributed by atoms with Gasteiger partial charge in [0.2, 0.25) is 0 Å². The van der Waals surface area contributed by atoms with Crippen LogP contribution in [0.1, 0.15) is 36.5 Å². The highest BCUT2D eigenvalue weighted by Crippen LogP contribution is 2.36. The van der Waals surface area contributed by atoms with E-state index in [0.29, 0.717) is 10.1 Å². The number of amidine groups is 1. The maximum Gasteiger partial charge on any atom is 0.266 e. The molecule has 1 aliphatic rings. The largest absolute Gasteiger partial charge is 0.496 e. The first-order valence-electron chi connectivity index (χ1n) is 9.11. The Balaban J connectivity index is 1.98. The Hall–Kier alpha value is -2.67. The Labute approximate surface area is 173 Å². The molecule has 2 aromatic rings. The molecule has 0 spiro atoms. The van der Waals surface area contributed by atoms with E-state index < -0.39 is 11.6 Å². The number of methoxy groups -OCH3 is 1. The van der Waals surface area contributed by atoms with Crippen molar-refractivity contribution in [2.24, 2.45) is 4.99 Å². The fraction of sp³-hybridized carbons (Fsp3) is 0.273. The van der Waals surface area contributed by atoms with E-state index in [1.807, 2.05) is 25.1 Å². The van der Waals surface area contributed by atoms with E-state index in [1.54, 1.807) is 14.2 Å². The number of thioether (sulfide) groups is 1. The van der Waals surface area contributed by atoms with Crippen molar-refractivity contribution in [3.05, 3.63) is 63.6 Å². The van der Waals surface area contributed by atoms with Crippen molar-refractivity contribution >= 4 is 34.6 Å². The number of carbonyl (C=O) groups excluding carboxylic acids is 1. The average molecular weight is 416 g/mol. The summed E-state index contributed by atoms with van der Waals surface area (Å²) in [6, 6.07) is 7.13. The van der Waals surface area contributed by atoms with E-state index >= 15 is 0 Å². The van der Waals surface area contributed by atoms with Gasteiger partial charge in [0.05, 0.1) is 12.0 Å². The highest BCUT2D eigenvalue weighted by Gasteiger charge is 2.31. The zero-order valence-corrected chi connectivity index (χ0v) is 17.7. The van der Waals surface area contributed by atoms with Crippen LogP contribution in [0.15, 0.2) is 40.2 Å². The number of nitrogens with zero attached hydrogens (tertiary/aromatic N) is 2. The van der Waals surface area contributed by atoms with E-state index in [1.165, 1.54) is 11.0 Å². The minimum absolute atomic E-state index is 0.0162. The molecule has 1 saturated heterocycles. The molecule has 0 atom stereocenters. The van der Waals surface area contributed by atoms with Gasteiger partial charge in [-0.2, -0.15) is 0 Å². The standard InChI is InChI=1S/C22H22F2N2O2S/c1-12(2)16-9-14(13(3)8-19(16)28-5)10-20-21(27)26(4)22(29-20)25-18-7-6-15(23)11-17(18)24/h6-12H,1-5H3/b20-10+,25-22?. The van der Waals surface area contributed by atoms with Gasteiger partial charge in [0.25, 0.3) is 5.91 Å². The molecular formula is C22H22F2N2O2S. The van der Waals surface area contributed by atoms with Crippen molar-refractivity contribution in [3.8, 4) is 5.75 Å². The van der Waals surface area contributed by atoms with Crippen molar-refractivity contribution in [3.63, 3.8) is 0 Å². The number of halogens is 2. The Kier molecular flexibility index (Phi) is 6.07. The lowest BCUT2D eigenvalue weighted by atomic mass is 9.96. The van der Waals surface area contributed by atoms with Gasteiger partial charge in [0.15, 0.2) is 11.0 Å². The lowest BCUT2D eigenvalue weighted by molar-refractivity contribution is -0.121. The molecule has 0 saturated carbocycles. The monoisotopic (exact) mass is 416 g/mol. The van der Waals surface area contributed by atoms with Gasteiger partial charge in [0.1, 0.15) is 17.3 Å². The zero-order valence-electron chi connectivity index (χ0n) is 16.9. The molecule has 1 heterocycles. The van der Waals surface area contributed by atoms with Crippen LogP contribution >= 0.6 is 11.8 Å². The SMILES string of the molecule is COc1cc(C)c(/C=C2/SC(=Nc3ccc(F)cc3F)N(C)C2=O)cc1C(C)C. The number of hydrogen-bond acceptors (Lipinski definition) is 4. The van der Waals surface area contributed by atoms with Crippen molar-refractivity contribution < 1.29 is 18.3 Å². The maximum atomic E-state index is 13.9. The fourth-order valence-electron chi connectivity index (χ4n) is 2.97. The molecule has 0 aliphatic carbocycles. The van der Waals surface area contributed by atoms with Crippen LogP contribution in [0.4, 0.5) is 14.5 Å². The topological polar surface area (TPSA) is 41.9 Å². The molecule has 2 aromatic carbocycles. The minimum Gasteiger partial charge on any atom is -0.496 e. The van der Waals surface area contributed by atoms with Crippen LogP contribution < -0.4 is 4.74 Å². The number of carbonyl (C=O) groups is 1. The van der Waals surface area contributed by atoms with E-state index in [2.05, 4.69) is 18.8 Å². The smallest absolute Gasteiger partial charge is 0.266 e. The normalized spacial score (nSPS) is 17.1. The van der Waals surface area contributed by atoms with Gasteiger partial charge >= 0.3 is 0 Å². The third-order valence-corrected chi connectivity index (χ3v) is 5.72. The number of benzene rings is 2. The summed E-state index contributed by atoms with van der Waals surface area (Å²) in [5, 5.41) is 0.335. The molecule has 152 valence electrons. The summed E-state index contributed by atoms with van der Waals surface area (Å²) in [5.41, 5.74) is 2.92. The van der Waals surface area contributed by atoms with Crippen LogP contribution in [0.25, 0.3) is 6.08 Å². The van der Waals surface area contributed by atoms with Crippen LogP contribution in [0.2, 0.25) is 0 Å². The van der Waals surface area contributed by atoms with Gasteiger partial charge in [0, 0.05) is 13.1 Å². The maximum absolute atomic E-state index is 13.9. The number of ether oxygens (including phenoxy) is 1. The molecule has 1 fully saturated rings. The summed E-state index contributed by atoms with van der Waals surface area (Å²) in [4.78, 5) is 18.7. The molecule has 0 aromatic heterocycles. The van der Waals surface area contributed by atoms with Gasteiger partial charge in [-0.25, -0.2) is 13.8 Å². The first kappa shape index (κ1) is 21.0. The molecule has 0 N–H and O–H groups in total. The second-order valence-corrected chi connectivity index (χ2v) is 8.08. The molecule has 4 nitrogen and oxygen atoms in total. The first-order valence-corrected chi connectivity index (χ1v) is 9.92. The van der Waals surface area contributed by atoms with Crippen molar-refractivity contribution in [2.75, 3.05) is 14.2 Å². The second-order valence-electron chi connectivity index (χ2n) is 7.07. The van der Waals surface area contributed by atoms with E-state index in [0.717, 1.165) is 46.3 Å². The van der Waals surface area contributed by atoms with E-state index in [-0.39, 0.29) is 17.5 Å². The lowest BCUT2D eigenvalue weighted by Crippen LogP contribution is -2.23. The molecule has 1 amide bonds. The van der Waals surface area contributed by atoms with Crippen LogP contribution in [0, 0.1) is 18.6 Å². The van der Waals surface area contributed by atoms with Gasteiger partial charge < -0.3 is 4.74 Å². The Morgan fingerprint density at radius 1 is 1.21 bits per heavy atom. The molecule has 0 bridgehead atoms. The van der Waals surface area contributed by atoms with E-state index in [4.69, 9.17) is 4.74 Å². The van der Waals surface area contributed by atoms with Crippen molar-refractivity contribution in [1.82, 2.24) is 4.90 Å². The van der Waals surface area contributed by atoms with Crippen molar-refractivity contribution in [2.45, 2.75) is 26.7 Å². The number of hydrogen-bond donors (Lipinski definition) is 0. The highest BCUT2D eigenvalue weighted by atomic mass is 32.2. The molecule has 3 rings (SSSR count). The van der Waals surface area contributed by atoms with Gasteiger partial charge in [-0.3, -0.25) is 9.69 Å². The molecule has 0 radical (unpaired) electrons. The fourth-order valence-corrected chi connectivity index (χ4v) is 3.94. The number of amides is 1. The van der Waals surface area contributed by atoms with Crippen LogP contribution in [0.5, 0.6) is 5.75 Å². The summed E-state index contributed by atoms with van der Waals surface area (Å²) < 4.78 is 32.5. The minimum atomic E-state index is -0.774. The van der Waals surface area contributed by atoms with E-state index in [9.17, 15) is 13.6 Å². The quantitative estimate of drug-likeness (QED) is 0.606. The third kappa shape index (κ3) is 4.34. The molecule has 7 heteroatoms. The Morgan fingerprint density at radius 3 is 2.55 bits per heavy atom. The van der Waals surface area contributed by atoms with Crippen LogP contribution in [0.3, 0.4) is 0 Å².